The number of hydrogen-bond donors (Lipinski definition) is 4. The number of β-amino-alcohol motifs (C(OH)–C–C–N with tert-alkyl or cyclic N) is 1. The van der Waals surface area contributed by atoms with Gasteiger partial charge in [0.1, 0.15) is 6.04 Å². The highest BCUT2D eigenvalue weighted by molar-refractivity contribution is 5.84. The first-order valence-corrected chi connectivity index (χ1v) is 6.66. The van der Waals surface area contributed by atoms with Crippen molar-refractivity contribution in [1.29, 1.82) is 0 Å². The van der Waals surface area contributed by atoms with Gasteiger partial charge < -0.3 is 30.5 Å². The van der Waals surface area contributed by atoms with Crippen molar-refractivity contribution in [2.24, 2.45) is 0 Å². The van der Waals surface area contributed by atoms with Crippen molar-refractivity contribution < 1.29 is 29.3 Å². The van der Waals surface area contributed by atoms with E-state index in [0.29, 0.717) is 13.2 Å². The lowest BCUT2D eigenvalue weighted by atomic mass is 10.2. The van der Waals surface area contributed by atoms with E-state index >= 15 is 0 Å². The molecule has 0 saturated carbocycles. The molecule has 3 amide bonds. The van der Waals surface area contributed by atoms with Crippen LogP contribution in [-0.2, 0) is 14.3 Å². The van der Waals surface area contributed by atoms with Crippen LogP contribution in [0, 0.1) is 0 Å². The number of ether oxygens (including phenoxy) is 1. The van der Waals surface area contributed by atoms with Crippen LogP contribution in [0.4, 0.5) is 4.79 Å². The first-order valence-electron chi connectivity index (χ1n) is 6.66. The maximum absolute atomic E-state index is 11.8. The number of hydrogen-bond acceptors (Lipinski definition) is 5. The van der Waals surface area contributed by atoms with Gasteiger partial charge in [-0.25, -0.2) is 9.59 Å². The first-order chi connectivity index (χ1) is 9.95. The third-order valence-corrected chi connectivity index (χ3v) is 3.08. The number of nitrogens with zero attached hydrogens (tertiary/aromatic N) is 1. The number of carbonyl (C=O) groups excluding carboxylic acids is 2. The van der Waals surface area contributed by atoms with Crippen LogP contribution in [-0.4, -0.2) is 78.5 Å². The van der Waals surface area contributed by atoms with Crippen LogP contribution in [0.5, 0.6) is 0 Å². The molecule has 120 valence electrons. The molecule has 2 unspecified atom stereocenters. The predicted molar refractivity (Wildman–Crippen MR) is 71.7 cm³/mol. The molecule has 1 saturated heterocycles. The molecule has 1 fully saturated rings. The Balaban J connectivity index is 2.30. The van der Waals surface area contributed by atoms with Gasteiger partial charge in [-0.05, 0) is 0 Å². The number of aliphatic hydroxyl groups excluding tert-OH is 1. The summed E-state index contributed by atoms with van der Waals surface area (Å²) in [5.41, 5.74) is 0. The molecule has 0 spiro atoms. The second-order valence-electron chi connectivity index (χ2n) is 4.72. The Kier molecular flexibility index (Phi) is 6.89. The Morgan fingerprint density at radius 2 is 2.00 bits per heavy atom. The number of carboxylic acid groups (broad SMARTS) is 1. The zero-order valence-electron chi connectivity index (χ0n) is 11.9. The first kappa shape index (κ1) is 17.2. The number of aliphatic carboxylic acids is 1. The third kappa shape index (κ3) is 5.56. The smallest absolute Gasteiger partial charge is 0.326 e. The van der Waals surface area contributed by atoms with Crippen LogP contribution < -0.4 is 10.6 Å². The molecule has 1 heterocycles. The monoisotopic (exact) mass is 303 g/mol. The van der Waals surface area contributed by atoms with Crippen LogP contribution >= 0.6 is 0 Å². The van der Waals surface area contributed by atoms with Crippen LogP contribution in [0.25, 0.3) is 0 Å². The van der Waals surface area contributed by atoms with Gasteiger partial charge in [0.05, 0.1) is 12.7 Å². The Labute approximate surface area is 122 Å². The molecule has 4 N–H and O–H groups in total. The predicted octanol–water partition coefficient (Wildman–Crippen LogP) is -1.63. The molecule has 0 radical (unpaired) electrons. The molecule has 9 heteroatoms. The molecule has 0 aromatic carbocycles. The minimum absolute atomic E-state index is 0.0141. The van der Waals surface area contributed by atoms with E-state index in [1.165, 1.54) is 7.11 Å². The summed E-state index contributed by atoms with van der Waals surface area (Å²) in [7, 11) is 1.52. The van der Waals surface area contributed by atoms with Gasteiger partial charge in [0.2, 0.25) is 5.91 Å². The van der Waals surface area contributed by atoms with Crippen molar-refractivity contribution in [2.75, 3.05) is 33.4 Å². The number of methoxy groups -OCH3 is 1. The second kappa shape index (κ2) is 8.42. The van der Waals surface area contributed by atoms with Crippen LogP contribution in [0.15, 0.2) is 0 Å². The zero-order chi connectivity index (χ0) is 15.8. The molecule has 1 aliphatic rings. The molecule has 0 aromatic rings. The van der Waals surface area contributed by atoms with Gasteiger partial charge in [-0.1, -0.05) is 0 Å². The van der Waals surface area contributed by atoms with E-state index in [0.717, 1.165) is 4.90 Å². The van der Waals surface area contributed by atoms with Gasteiger partial charge >= 0.3 is 12.0 Å². The molecular formula is C12H21N3O6. The average molecular weight is 303 g/mol. The molecular weight excluding hydrogens is 282 g/mol. The minimum atomic E-state index is -1.15. The normalized spacial score (nSPS) is 21.1. The van der Waals surface area contributed by atoms with Crippen molar-refractivity contribution in [3.05, 3.63) is 0 Å². The van der Waals surface area contributed by atoms with Gasteiger partial charge in [0.25, 0.3) is 0 Å². The van der Waals surface area contributed by atoms with E-state index in [9.17, 15) is 19.5 Å². The van der Waals surface area contributed by atoms with E-state index in [4.69, 9.17) is 9.84 Å². The SMILES string of the molecule is COCCNC(=O)CCNC(=O)N1CC(O)CC1C(=O)O. The number of aliphatic hydroxyl groups is 1. The lowest BCUT2D eigenvalue weighted by Gasteiger charge is -2.21. The Hall–Kier alpha value is -1.87. The fraction of sp³-hybridized carbons (Fsp3) is 0.750. The molecule has 21 heavy (non-hydrogen) atoms. The molecule has 0 aromatic heterocycles. The van der Waals surface area contributed by atoms with Gasteiger partial charge in [0.15, 0.2) is 0 Å². The number of amides is 3. The maximum atomic E-state index is 11.8. The Morgan fingerprint density at radius 1 is 1.29 bits per heavy atom. The highest BCUT2D eigenvalue weighted by Gasteiger charge is 2.38. The number of likely N-dealkylation sites (tertiary alicyclic amines) is 1. The van der Waals surface area contributed by atoms with E-state index in [1.54, 1.807) is 0 Å². The van der Waals surface area contributed by atoms with Crippen molar-refractivity contribution in [2.45, 2.75) is 25.0 Å². The highest BCUT2D eigenvalue weighted by atomic mass is 16.5. The molecule has 2 atom stereocenters. The Morgan fingerprint density at radius 3 is 2.62 bits per heavy atom. The van der Waals surface area contributed by atoms with Crippen molar-refractivity contribution in [3.8, 4) is 0 Å². The molecule has 9 nitrogen and oxygen atoms in total. The minimum Gasteiger partial charge on any atom is -0.480 e. The summed E-state index contributed by atoms with van der Waals surface area (Å²) in [5, 5.41) is 23.5. The summed E-state index contributed by atoms with van der Waals surface area (Å²) in [5.74, 6) is -1.39. The maximum Gasteiger partial charge on any atom is 0.326 e. The summed E-state index contributed by atoms with van der Waals surface area (Å²) >= 11 is 0. The molecule has 0 aliphatic carbocycles. The Bertz CT molecular complexity index is 389. The third-order valence-electron chi connectivity index (χ3n) is 3.08. The quantitative estimate of drug-likeness (QED) is 0.418. The van der Waals surface area contributed by atoms with Gasteiger partial charge in [-0.3, -0.25) is 4.79 Å². The zero-order valence-corrected chi connectivity index (χ0v) is 11.9. The number of carbonyl (C=O) groups is 3. The van der Waals surface area contributed by atoms with E-state index in [-0.39, 0.29) is 31.8 Å². The van der Waals surface area contributed by atoms with E-state index in [1.807, 2.05) is 0 Å². The number of nitrogens with one attached hydrogen (secondary N) is 2. The lowest BCUT2D eigenvalue weighted by molar-refractivity contribution is -0.141. The number of rotatable bonds is 7. The lowest BCUT2D eigenvalue weighted by Crippen LogP contribution is -2.46. The van der Waals surface area contributed by atoms with Crippen LogP contribution in [0.2, 0.25) is 0 Å². The number of urea groups is 1. The van der Waals surface area contributed by atoms with E-state index < -0.39 is 24.1 Å². The van der Waals surface area contributed by atoms with Crippen molar-refractivity contribution in [1.82, 2.24) is 15.5 Å². The van der Waals surface area contributed by atoms with E-state index in [2.05, 4.69) is 10.6 Å². The van der Waals surface area contributed by atoms with Crippen molar-refractivity contribution in [3.63, 3.8) is 0 Å². The van der Waals surface area contributed by atoms with Gasteiger partial charge in [-0.15, -0.1) is 0 Å². The summed E-state index contributed by atoms with van der Waals surface area (Å²) in [6, 6.07) is -1.63. The fourth-order valence-electron chi connectivity index (χ4n) is 2.04. The summed E-state index contributed by atoms with van der Waals surface area (Å²) in [6.45, 7) is 0.867. The molecule has 1 aliphatic heterocycles. The summed E-state index contributed by atoms with van der Waals surface area (Å²) in [6.07, 6.45) is -0.738. The largest absolute Gasteiger partial charge is 0.480 e. The highest BCUT2D eigenvalue weighted by Crippen LogP contribution is 2.17. The topological polar surface area (TPSA) is 128 Å². The van der Waals surface area contributed by atoms with Gasteiger partial charge in [-0.2, -0.15) is 0 Å². The fourth-order valence-corrected chi connectivity index (χ4v) is 2.04. The second-order valence-corrected chi connectivity index (χ2v) is 4.72. The van der Waals surface area contributed by atoms with Crippen LogP contribution in [0.3, 0.4) is 0 Å². The summed E-state index contributed by atoms with van der Waals surface area (Å²) in [4.78, 5) is 35.3. The number of carboxylic acids is 1. The van der Waals surface area contributed by atoms with Crippen LogP contribution in [0.1, 0.15) is 12.8 Å². The average Bonchev–Trinajstić information content (AvgIpc) is 2.81. The van der Waals surface area contributed by atoms with Crippen molar-refractivity contribution >= 4 is 17.9 Å². The molecule has 1 rings (SSSR count). The summed E-state index contributed by atoms with van der Waals surface area (Å²) < 4.78 is 4.78. The standard InChI is InChI=1S/C12H21N3O6/c1-21-5-4-13-10(17)2-3-14-12(20)15-7-8(16)6-9(15)11(18)19/h8-9,16H,2-7H2,1H3,(H,13,17)(H,14,20)(H,18,19). The van der Waals surface area contributed by atoms with Gasteiger partial charge in [0, 0.05) is 39.6 Å². The molecule has 0 bridgehead atoms.